The zero-order chi connectivity index (χ0) is 14.0. The Morgan fingerprint density at radius 2 is 2.32 bits per heavy atom. The molecule has 0 bridgehead atoms. The van der Waals surface area contributed by atoms with E-state index in [-0.39, 0.29) is 16.2 Å². The topological polar surface area (TPSA) is 101 Å². The van der Waals surface area contributed by atoms with Gasteiger partial charge in [0.1, 0.15) is 4.21 Å². The summed E-state index contributed by atoms with van der Waals surface area (Å²) in [5, 5.41) is 12.7. The van der Waals surface area contributed by atoms with Crippen molar-refractivity contribution in [2.45, 2.75) is 23.6 Å². The van der Waals surface area contributed by atoms with Crippen LogP contribution in [0.25, 0.3) is 0 Å². The van der Waals surface area contributed by atoms with E-state index < -0.39 is 10.0 Å². The summed E-state index contributed by atoms with van der Waals surface area (Å²) in [7, 11) is -3.73. The van der Waals surface area contributed by atoms with E-state index in [0.717, 1.165) is 30.8 Å². The lowest BCUT2D eigenvalue weighted by Gasteiger charge is -2.30. The minimum absolute atomic E-state index is 0.00691. The van der Waals surface area contributed by atoms with Crippen molar-refractivity contribution in [2.24, 2.45) is 11.1 Å². The van der Waals surface area contributed by atoms with Gasteiger partial charge in [-0.2, -0.15) is 0 Å². The van der Waals surface area contributed by atoms with Crippen molar-refractivity contribution in [1.29, 1.82) is 0 Å². The largest absolute Gasteiger partial charge is 0.348 e. The molecule has 1 fully saturated rings. The van der Waals surface area contributed by atoms with Gasteiger partial charge in [-0.15, -0.1) is 11.3 Å². The number of piperidine rings is 1. The highest BCUT2D eigenvalue weighted by molar-refractivity contribution is 7.91. The number of rotatable bonds is 3. The van der Waals surface area contributed by atoms with Crippen molar-refractivity contribution in [3.63, 3.8) is 0 Å². The number of carbonyl (C=O) groups excluding carboxylic acids is 1. The van der Waals surface area contributed by atoms with E-state index in [2.05, 4.69) is 17.6 Å². The molecule has 0 aliphatic carbocycles. The maximum absolute atomic E-state index is 12.0. The van der Waals surface area contributed by atoms with E-state index in [1.165, 1.54) is 11.4 Å². The lowest BCUT2D eigenvalue weighted by molar-refractivity contribution is 0.0915. The molecular formula is C11H17N3O3S2. The maximum atomic E-state index is 12.0. The first-order chi connectivity index (χ1) is 8.88. The van der Waals surface area contributed by atoms with E-state index in [9.17, 15) is 13.2 Å². The molecule has 0 radical (unpaired) electrons. The third kappa shape index (κ3) is 3.53. The molecule has 2 atom stereocenters. The lowest BCUT2D eigenvalue weighted by Crippen LogP contribution is -2.50. The average Bonchev–Trinajstić information content (AvgIpc) is 2.81. The summed E-state index contributed by atoms with van der Waals surface area (Å²) in [6.07, 6.45) is 1.01. The highest BCUT2D eigenvalue weighted by atomic mass is 32.2. The van der Waals surface area contributed by atoms with Gasteiger partial charge in [0.15, 0.2) is 0 Å². The molecule has 2 heterocycles. The van der Waals surface area contributed by atoms with Crippen LogP contribution in [0.2, 0.25) is 0 Å². The summed E-state index contributed by atoms with van der Waals surface area (Å²) < 4.78 is 22.3. The van der Waals surface area contributed by atoms with Gasteiger partial charge in [0.2, 0.25) is 10.0 Å². The Hall–Kier alpha value is -0.960. The number of nitrogens with two attached hydrogens (primary N) is 1. The predicted molar refractivity (Wildman–Crippen MR) is 73.6 cm³/mol. The SMILES string of the molecule is CC1CCNCC1NC(=O)c1csc(S(N)(=O)=O)c1. The van der Waals surface area contributed by atoms with Crippen LogP contribution in [0.15, 0.2) is 15.7 Å². The summed E-state index contributed by atoms with van der Waals surface area (Å²) in [5.41, 5.74) is 0.340. The summed E-state index contributed by atoms with van der Waals surface area (Å²) in [5.74, 6) is 0.147. The number of primary sulfonamides is 1. The Bertz CT molecular complexity index is 567. The number of carbonyl (C=O) groups is 1. The second-order valence-electron chi connectivity index (χ2n) is 4.75. The predicted octanol–water partition coefficient (Wildman–Crippen LogP) is 0.123. The molecular weight excluding hydrogens is 286 g/mol. The molecule has 6 nitrogen and oxygen atoms in total. The fourth-order valence-electron chi connectivity index (χ4n) is 2.02. The molecule has 1 aliphatic heterocycles. The molecule has 19 heavy (non-hydrogen) atoms. The number of hydrogen-bond donors (Lipinski definition) is 3. The van der Waals surface area contributed by atoms with Crippen molar-refractivity contribution in [3.8, 4) is 0 Å². The van der Waals surface area contributed by atoms with E-state index in [1.807, 2.05) is 0 Å². The number of sulfonamides is 1. The van der Waals surface area contributed by atoms with Crippen LogP contribution in [0, 0.1) is 5.92 Å². The molecule has 0 spiro atoms. The minimum atomic E-state index is -3.73. The first-order valence-electron chi connectivity index (χ1n) is 6.01. The zero-order valence-electron chi connectivity index (χ0n) is 10.5. The number of nitrogens with one attached hydrogen (secondary N) is 2. The first kappa shape index (κ1) is 14.4. The van der Waals surface area contributed by atoms with Gasteiger partial charge < -0.3 is 10.6 Å². The first-order valence-corrected chi connectivity index (χ1v) is 8.43. The fourth-order valence-corrected chi connectivity index (χ4v) is 3.60. The van der Waals surface area contributed by atoms with Crippen molar-refractivity contribution >= 4 is 27.3 Å². The van der Waals surface area contributed by atoms with Crippen LogP contribution in [-0.4, -0.2) is 33.5 Å². The Morgan fingerprint density at radius 3 is 2.89 bits per heavy atom. The van der Waals surface area contributed by atoms with Gasteiger partial charge in [-0.05, 0) is 24.9 Å². The molecule has 2 unspecified atom stereocenters. The van der Waals surface area contributed by atoms with Crippen LogP contribution in [0.5, 0.6) is 0 Å². The van der Waals surface area contributed by atoms with Gasteiger partial charge in [-0.1, -0.05) is 6.92 Å². The summed E-state index contributed by atoms with van der Waals surface area (Å²) in [6, 6.07) is 1.38. The third-order valence-electron chi connectivity index (χ3n) is 3.26. The van der Waals surface area contributed by atoms with Crippen molar-refractivity contribution in [2.75, 3.05) is 13.1 Å². The molecule has 1 aliphatic rings. The highest BCUT2D eigenvalue weighted by Crippen LogP contribution is 2.19. The average molecular weight is 303 g/mol. The van der Waals surface area contributed by atoms with Gasteiger partial charge in [0.25, 0.3) is 5.91 Å². The van der Waals surface area contributed by atoms with Crippen LogP contribution in [-0.2, 0) is 10.0 Å². The van der Waals surface area contributed by atoms with Crippen molar-refractivity contribution in [3.05, 3.63) is 17.0 Å². The second kappa shape index (κ2) is 5.58. The number of thiophene rings is 1. The Labute approximate surface area is 116 Å². The normalized spacial score (nSPS) is 24.1. The summed E-state index contributed by atoms with van der Waals surface area (Å²) >= 11 is 0.958. The smallest absolute Gasteiger partial charge is 0.252 e. The van der Waals surface area contributed by atoms with Gasteiger partial charge in [0, 0.05) is 18.0 Å². The van der Waals surface area contributed by atoms with E-state index in [4.69, 9.17) is 5.14 Å². The Morgan fingerprint density at radius 1 is 1.58 bits per heavy atom. The molecule has 1 saturated heterocycles. The summed E-state index contributed by atoms with van der Waals surface area (Å²) in [6.45, 7) is 3.79. The van der Waals surface area contributed by atoms with Gasteiger partial charge >= 0.3 is 0 Å². The molecule has 0 saturated carbocycles. The summed E-state index contributed by atoms with van der Waals surface area (Å²) in [4.78, 5) is 12.0. The highest BCUT2D eigenvalue weighted by Gasteiger charge is 2.24. The van der Waals surface area contributed by atoms with Crippen LogP contribution < -0.4 is 15.8 Å². The molecule has 8 heteroatoms. The molecule has 1 aromatic heterocycles. The van der Waals surface area contributed by atoms with Crippen LogP contribution in [0.1, 0.15) is 23.7 Å². The lowest BCUT2D eigenvalue weighted by atomic mass is 9.94. The number of hydrogen-bond acceptors (Lipinski definition) is 5. The van der Waals surface area contributed by atoms with Gasteiger partial charge in [-0.3, -0.25) is 4.79 Å². The van der Waals surface area contributed by atoms with E-state index >= 15 is 0 Å². The van der Waals surface area contributed by atoms with E-state index in [0.29, 0.717) is 11.5 Å². The molecule has 1 amide bonds. The minimum Gasteiger partial charge on any atom is -0.348 e. The van der Waals surface area contributed by atoms with Crippen molar-refractivity contribution < 1.29 is 13.2 Å². The molecule has 1 aromatic rings. The molecule has 106 valence electrons. The van der Waals surface area contributed by atoms with E-state index in [1.54, 1.807) is 0 Å². The van der Waals surface area contributed by atoms with Crippen LogP contribution in [0.4, 0.5) is 0 Å². The van der Waals surface area contributed by atoms with Gasteiger partial charge in [0.05, 0.1) is 5.56 Å². The standard InChI is InChI=1S/C11H17N3O3S2/c1-7-2-3-13-5-9(7)14-11(15)8-4-10(18-6-8)19(12,16)17/h4,6-7,9,13H,2-3,5H2,1H3,(H,14,15)(H2,12,16,17). The van der Waals surface area contributed by atoms with Gasteiger partial charge in [-0.25, -0.2) is 13.6 Å². The van der Waals surface area contributed by atoms with Crippen molar-refractivity contribution in [1.82, 2.24) is 10.6 Å². The van der Waals surface area contributed by atoms with Crippen LogP contribution in [0.3, 0.4) is 0 Å². The third-order valence-corrected chi connectivity index (χ3v) is 5.65. The quantitative estimate of drug-likeness (QED) is 0.738. The zero-order valence-corrected chi connectivity index (χ0v) is 12.2. The molecule has 0 aromatic carbocycles. The maximum Gasteiger partial charge on any atom is 0.252 e. The Kier molecular flexibility index (Phi) is 4.24. The molecule has 4 N–H and O–H groups in total. The van der Waals surface area contributed by atoms with Crippen LogP contribution >= 0.6 is 11.3 Å². The second-order valence-corrected chi connectivity index (χ2v) is 7.45. The monoisotopic (exact) mass is 303 g/mol. The fraction of sp³-hybridized carbons (Fsp3) is 0.545. The number of amides is 1. The molecule has 2 rings (SSSR count). The Balaban J connectivity index is 2.06.